The molecular weight excluding hydrogens is 322 g/mol. The molecule has 3 rings (SSSR count). The predicted molar refractivity (Wildman–Crippen MR) is 91.4 cm³/mol. The van der Waals surface area contributed by atoms with Crippen molar-refractivity contribution >= 4 is 27.9 Å². The highest BCUT2D eigenvalue weighted by molar-refractivity contribution is 7.17. The van der Waals surface area contributed by atoms with Crippen molar-refractivity contribution in [3.05, 3.63) is 64.7 Å². The Hall–Kier alpha value is -3.11. The topological polar surface area (TPSA) is 91.6 Å². The molecule has 3 aromatic rings. The number of hydrogen-bond acceptors (Lipinski definition) is 7. The van der Waals surface area contributed by atoms with Gasteiger partial charge in [0.25, 0.3) is 0 Å². The molecule has 0 radical (unpaired) electrons. The summed E-state index contributed by atoms with van der Waals surface area (Å²) >= 11 is 1.24. The minimum absolute atomic E-state index is 0.184. The summed E-state index contributed by atoms with van der Waals surface area (Å²) in [5, 5.41) is 12.6. The van der Waals surface area contributed by atoms with Crippen molar-refractivity contribution in [2.75, 3.05) is 5.32 Å². The Bertz CT molecular complexity index is 928. The first-order valence-electron chi connectivity index (χ1n) is 7.29. The number of anilines is 2. The number of nitriles is 1. The fourth-order valence-corrected chi connectivity index (χ4v) is 2.94. The van der Waals surface area contributed by atoms with Gasteiger partial charge in [0.05, 0.1) is 28.4 Å². The maximum Gasteiger partial charge on any atom is 0.224 e. The molecule has 6 nitrogen and oxygen atoms in total. The van der Waals surface area contributed by atoms with Gasteiger partial charge in [0.1, 0.15) is 5.69 Å². The van der Waals surface area contributed by atoms with Gasteiger partial charge in [-0.25, -0.2) is 9.97 Å². The summed E-state index contributed by atoms with van der Waals surface area (Å²) in [6, 6.07) is 9.15. The van der Waals surface area contributed by atoms with Crippen LogP contribution in [0.2, 0.25) is 0 Å². The van der Waals surface area contributed by atoms with Crippen LogP contribution in [0, 0.1) is 11.3 Å². The van der Waals surface area contributed by atoms with E-state index in [2.05, 4.69) is 26.3 Å². The van der Waals surface area contributed by atoms with Crippen molar-refractivity contribution in [3.63, 3.8) is 0 Å². The van der Waals surface area contributed by atoms with E-state index in [0.717, 1.165) is 5.69 Å². The van der Waals surface area contributed by atoms with Crippen LogP contribution in [0.5, 0.6) is 0 Å². The SMILES string of the molecule is CCc1nccnc1C(=O)c1cnc(Nc2cccc(C#N)c2)s1. The molecule has 7 heteroatoms. The second-order valence-corrected chi connectivity index (χ2v) is 5.91. The fourth-order valence-electron chi connectivity index (χ4n) is 2.16. The number of hydrogen-bond donors (Lipinski definition) is 1. The molecule has 0 spiro atoms. The number of aromatic nitrogens is 3. The Labute approximate surface area is 142 Å². The van der Waals surface area contributed by atoms with Crippen molar-refractivity contribution in [2.45, 2.75) is 13.3 Å². The third-order valence-electron chi connectivity index (χ3n) is 3.30. The molecule has 0 aliphatic heterocycles. The van der Waals surface area contributed by atoms with E-state index >= 15 is 0 Å². The summed E-state index contributed by atoms with van der Waals surface area (Å²) in [6.45, 7) is 1.93. The lowest BCUT2D eigenvalue weighted by Crippen LogP contribution is -2.07. The summed E-state index contributed by atoms with van der Waals surface area (Å²) in [5.74, 6) is -0.184. The average Bonchev–Trinajstić information content (AvgIpc) is 3.09. The summed E-state index contributed by atoms with van der Waals surface area (Å²) in [4.78, 5) is 25.6. The summed E-state index contributed by atoms with van der Waals surface area (Å²) in [5.41, 5.74) is 2.34. The molecule has 24 heavy (non-hydrogen) atoms. The highest BCUT2D eigenvalue weighted by Gasteiger charge is 2.18. The molecule has 1 N–H and O–H groups in total. The monoisotopic (exact) mass is 335 g/mol. The normalized spacial score (nSPS) is 10.2. The lowest BCUT2D eigenvalue weighted by molar-refractivity contribution is 0.103. The average molecular weight is 335 g/mol. The van der Waals surface area contributed by atoms with Crippen molar-refractivity contribution in [1.29, 1.82) is 5.26 Å². The maximum atomic E-state index is 12.6. The second kappa shape index (κ2) is 6.98. The minimum Gasteiger partial charge on any atom is -0.331 e. The van der Waals surface area contributed by atoms with Gasteiger partial charge in [0, 0.05) is 18.1 Å². The Balaban J connectivity index is 1.82. The van der Waals surface area contributed by atoms with Crippen LogP contribution in [0.4, 0.5) is 10.8 Å². The summed E-state index contributed by atoms with van der Waals surface area (Å²) in [6.07, 6.45) is 5.26. The zero-order valence-electron chi connectivity index (χ0n) is 12.9. The van der Waals surface area contributed by atoms with E-state index in [1.807, 2.05) is 13.0 Å². The molecule has 2 heterocycles. The number of rotatable bonds is 5. The number of aryl methyl sites for hydroxylation is 1. The van der Waals surface area contributed by atoms with Gasteiger partial charge in [0.2, 0.25) is 5.78 Å². The minimum atomic E-state index is -0.184. The fraction of sp³-hybridized carbons (Fsp3) is 0.118. The number of carbonyl (C=O) groups excluding carboxylic acids is 1. The summed E-state index contributed by atoms with van der Waals surface area (Å²) < 4.78 is 0. The zero-order chi connectivity index (χ0) is 16.9. The molecule has 1 aromatic carbocycles. The Morgan fingerprint density at radius 2 is 2.12 bits per heavy atom. The van der Waals surface area contributed by atoms with Gasteiger partial charge in [-0.1, -0.05) is 24.3 Å². The second-order valence-electron chi connectivity index (χ2n) is 4.88. The number of carbonyl (C=O) groups is 1. The van der Waals surface area contributed by atoms with Crippen LogP contribution in [-0.2, 0) is 6.42 Å². The van der Waals surface area contributed by atoms with Crippen LogP contribution in [0.1, 0.15) is 33.5 Å². The van der Waals surface area contributed by atoms with Crippen LogP contribution < -0.4 is 5.32 Å². The molecule has 2 aromatic heterocycles. The Kier molecular flexibility index (Phi) is 4.59. The molecule has 0 aliphatic rings. The van der Waals surface area contributed by atoms with Gasteiger partial charge in [-0.3, -0.25) is 9.78 Å². The van der Waals surface area contributed by atoms with Gasteiger partial charge in [0.15, 0.2) is 5.13 Å². The first kappa shape index (κ1) is 15.8. The standard InChI is InChI=1S/C17H13N5OS/c1-2-13-15(20-7-6-19-13)16(23)14-10-21-17(24-14)22-12-5-3-4-11(8-12)9-18/h3-8,10H,2H2,1H3,(H,21,22). The molecule has 0 unspecified atom stereocenters. The quantitative estimate of drug-likeness (QED) is 0.719. The van der Waals surface area contributed by atoms with Crippen LogP contribution in [0.3, 0.4) is 0 Å². The summed E-state index contributed by atoms with van der Waals surface area (Å²) in [7, 11) is 0. The van der Waals surface area contributed by atoms with Crippen LogP contribution >= 0.6 is 11.3 Å². The zero-order valence-corrected chi connectivity index (χ0v) is 13.7. The van der Waals surface area contributed by atoms with Crippen molar-refractivity contribution in [1.82, 2.24) is 15.0 Å². The largest absolute Gasteiger partial charge is 0.331 e. The predicted octanol–water partition coefficient (Wildman–Crippen LogP) is 3.34. The smallest absolute Gasteiger partial charge is 0.224 e. The lowest BCUT2D eigenvalue weighted by Gasteiger charge is -2.03. The van der Waals surface area contributed by atoms with E-state index in [0.29, 0.717) is 33.4 Å². The number of nitrogens with one attached hydrogen (secondary N) is 1. The van der Waals surface area contributed by atoms with Crippen LogP contribution in [-0.4, -0.2) is 20.7 Å². The van der Waals surface area contributed by atoms with E-state index in [1.54, 1.807) is 24.4 Å². The van der Waals surface area contributed by atoms with Crippen molar-refractivity contribution in [2.24, 2.45) is 0 Å². The van der Waals surface area contributed by atoms with Crippen LogP contribution in [0.25, 0.3) is 0 Å². The van der Waals surface area contributed by atoms with Gasteiger partial charge in [-0.15, -0.1) is 0 Å². The van der Waals surface area contributed by atoms with E-state index in [9.17, 15) is 4.79 Å². The van der Waals surface area contributed by atoms with Crippen LogP contribution in [0.15, 0.2) is 42.9 Å². The van der Waals surface area contributed by atoms with E-state index in [4.69, 9.17) is 5.26 Å². The van der Waals surface area contributed by atoms with Crippen molar-refractivity contribution < 1.29 is 4.79 Å². The number of ketones is 1. The van der Waals surface area contributed by atoms with Gasteiger partial charge < -0.3 is 5.32 Å². The van der Waals surface area contributed by atoms with E-state index in [1.165, 1.54) is 23.7 Å². The number of benzene rings is 1. The van der Waals surface area contributed by atoms with E-state index < -0.39 is 0 Å². The first-order valence-corrected chi connectivity index (χ1v) is 8.10. The van der Waals surface area contributed by atoms with Gasteiger partial charge in [-0.2, -0.15) is 5.26 Å². The first-order chi connectivity index (χ1) is 11.7. The molecular formula is C17H13N5OS. The Morgan fingerprint density at radius 1 is 1.29 bits per heavy atom. The van der Waals surface area contributed by atoms with E-state index in [-0.39, 0.29) is 5.78 Å². The molecule has 0 atom stereocenters. The third-order valence-corrected chi connectivity index (χ3v) is 4.21. The third kappa shape index (κ3) is 3.29. The maximum absolute atomic E-state index is 12.6. The molecule has 0 amide bonds. The number of nitrogens with zero attached hydrogens (tertiary/aromatic N) is 4. The van der Waals surface area contributed by atoms with Gasteiger partial charge >= 0.3 is 0 Å². The molecule has 0 saturated heterocycles. The Morgan fingerprint density at radius 3 is 2.92 bits per heavy atom. The van der Waals surface area contributed by atoms with Crippen molar-refractivity contribution in [3.8, 4) is 6.07 Å². The molecule has 0 saturated carbocycles. The highest BCUT2D eigenvalue weighted by Crippen LogP contribution is 2.25. The highest BCUT2D eigenvalue weighted by atomic mass is 32.1. The lowest BCUT2D eigenvalue weighted by atomic mass is 10.1. The molecule has 0 aliphatic carbocycles. The van der Waals surface area contributed by atoms with Gasteiger partial charge in [-0.05, 0) is 24.6 Å². The molecule has 118 valence electrons. The molecule has 0 bridgehead atoms. The molecule has 0 fully saturated rings. The number of thiazole rings is 1.